The van der Waals surface area contributed by atoms with Crippen LogP contribution in [0.25, 0.3) is 105 Å². The lowest BCUT2D eigenvalue weighted by molar-refractivity contribution is 0.715. The maximum atomic E-state index is 2.51. The molecular weight excluding hydrogens is 879 g/mol. The van der Waals surface area contributed by atoms with Crippen molar-refractivity contribution in [2.24, 2.45) is 0 Å². The van der Waals surface area contributed by atoms with Gasteiger partial charge in [-0.3, -0.25) is 0 Å². The number of benzene rings is 12. The van der Waals surface area contributed by atoms with Gasteiger partial charge >= 0.3 is 0 Å². The molecule has 15 rings (SSSR count). The van der Waals surface area contributed by atoms with Gasteiger partial charge in [-0.1, -0.05) is 212 Å². The first kappa shape index (κ1) is 41.7. The Kier molecular flexibility index (Phi) is 9.60. The largest absolute Gasteiger partial charge is 0.309 e. The van der Waals surface area contributed by atoms with Crippen LogP contribution in [0.2, 0.25) is 0 Å². The molecule has 12 aromatic carbocycles. The molecule has 2 aliphatic rings. The zero-order valence-corrected chi connectivity index (χ0v) is 40.4. The van der Waals surface area contributed by atoms with Crippen LogP contribution in [0.3, 0.4) is 0 Å². The molecule has 0 aliphatic heterocycles. The maximum Gasteiger partial charge on any atom is 0.0547 e. The quantitative estimate of drug-likeness (QED) is 0.143. The van der Waals surface area contributed by atoms with Gasteiger partial charge in [-0.15, -0.1) is 0 Å². The molecule has 73 heavy (non-hydrogen) atoms. The number of nitrogens with zero attached hydrogens (tertiary/aromatic N) is 1. The van der Waals surface area contributed by atoms with E-state index in [4.69, 9.17) is 0 Å². The summed E-state index contributed by atoms with van der Waals surface area (Å²) < 4.78 is 2.47. The molecule has 1 heteroatoms. The Morgan fingerprint density at radius 3 is 1.86 bits per heavy atom. The third kappa shape index (κ3) is 6.91. The molecule has 342 valence electrons. The topological polar surface area (TPSA) is 4.93 Å². The fourth-order valence-electron chi connectivity index (χ4n) is 12.7. The van der Waals surface area contributed by atoms with E-state index in [1.54, 1.807) is 0 Å². The summed E-state index contributed by atoms with van der Waals surface area (Å²) in [6, 6.07) is 93.3. The molecule has 2 aliphatic carbocycles. The number of rotatable bonds is 8. The summed E-state index contributed by atoms with van der Waals surface area (Å²) in [5.74, 6) is 0.216. The minimum atomic E-state index is 0.216. The van der Waals surface area contributed by atoms with Crippen LogP contribution >= 0.6 is 0 Å². The minimum absolute atomic E-state index is 0.216. The van der Waals surface area contributed by atoms with Crippen LogP contribution in [0.1, 0.15) is 56.8 Å². The smallest absolute Gasteiger partial charge is 0.0547 e. The number of aryl methyl sites for hydroxylation is 1. The van der Waals surface area contributed by atoms with Crippen molar-refractivity contribution in [1.29, 1.82) is 0 Å². The van der Waals surface area contributed by atoms with Crippen molar-refractivity contribution in [2.45, 2.75) is 25.2 Å². The van der Waals surface area contributed by atoms with Gasteiger partial charge in [0.15, 0.2) is 0 Å². The van der Waals surface area contributed by atoms with E-state index < -0.39 is 0 Å². The molecule has 0 saturated carbocycles. The highest BCUT2D eigenvalue weighted by atomic mass is 15.0. The summed E-state index contributed by atoms with van der Waals surface area (Å²) in [6.07, 6.45) is 5.34. The second kappa shape index (κ2) is 16.8. The van der Waals surface area contributed by atoms with Gasteiger partial charge in [0.1, 0.15) is 0 Å². The van der Waals surface area contributed by atoms with E-state index in [2.05, 4.69) is 259 Å². The Hall–Kier alpha value is -9.04. The van der Waals surface area contributed by atoms with E-state index in [0.717, 1.165) is 19.3 Å². The van der Waals surface area contributed by atoms with Gasteiger partial charge in [0.05, 0.1) is 11.0 Å². The lowest BCUT2D eigenvalue weighted by Crippen LogP contribution is -2.04. The van der Waals surface area contributed by atoms with Crippen LogP contribution in [0.4, 0.5) is 0 Å². The average molecular weight is 928 g/mol. The zero-order chi connectivity index (χ0) is 48.0. The Bertz CT molecular complexity index is 4390. The highest BCUT2D eigenvalue weighted by molar-refractivity contribution is 6.20. The van der Waals surface area contributed by atoms with Gasteiger partial charge in [0, 0.05) is 22.4 Å². The van der Waals surface area contributed by atoms with Crippen LogP contribution in [0.5, 0.6) is 0 Å². The Morgan fingerprint density at radius 1 is 0.384 bits per heavy atom. The number of para-hydroxylation sites is 1. The van der Waals surface area contributed by atoms with Gasteiger partial charge in [-0.05, 0) is 178 Å². The monoisotopic (exact) mass is 927 g/mol. The average Bonchev–Trinajstić information content (AvgIpc) is 4.10. The predicted molar refractivity (Wildman–Crippen MR) is 309 cm³/mol. The van der Waals surface area contributed by atoms with Gasteiger partial charge in [-0.25, -0.2) is 0 Å². The molecule has 0 bridgehead atoms. The molecule has 0 spiro atoms. The predicted octanol–water partition coefficient (Wildman–Crippen LogP) is 18.8. The van der Waals surface area contributed by atoms with Crippen LogP contribution < -0.4 is 0 Å². The summed E-state index contributed by atoms with van der Waals surface area (Å²) in [4.78, 5) is 0. The van der Waals surface area contributed by atoms with Gasteiger partial charge < -0.3 is 4.57 Å². The standard InChI is InChI=1S/C72H49N/c1-2-20-58(21-3-1)73-69-41-46(26-35-64(69)67-44-53-16-4-5-17-54(53)45-70(67)73)25-34-59(56-33-36-61-57(43-56)42-55-18-8-9-22-60(55)61)51-29-27-48(28-30-51)52-19-12-13-47(39-52)40-68-65-37-31-49-14-6-10-23-62(49)71(65)66-38-32-50-15-7-11-24-63(50)72(66)68/h1-24,26-33,35-41,43-45,59H,25,34,42H2/b68-40+. The van der Waals surface area contributed by atoms with Crippen molar-refractivity contribution >= 4 is 65.8 Å². The molecule has 0 fully saturated rings. The number of hydrogen-bond acceptors (Lipinski definition) is 0. The third-order valence-electron chi connectivity index (χ3n) is 16.2. The third-order valence-corrected chi connectivity index (χ3v) is 16.2. The van der Waals surface area contributed by atoms with E-state index in [1.165, 1.54) is 143 Å². The van der Waals surface area contributed by atoms with Crippen LogP contribution in [0.15, 0.2) is 249 Å². The molecule has 1 heterocycles. The first-order valence-electron chi connectivity index (χ1n) is 25.9. The number of aromatic nitrogens is 1. The van der Waals surface area contributed by atoms with E-state index in [-0.39, 0.29) is 5.92 Å². The zero-order valence-electron chi connectivity index (χ0n) is 40.4. The fraction of sp³-hybridized carbons (Fsp3) is 0.0556. The van der Waals surface area contributed by atoms with E-state index in [1.807, 2.05) is 0 Å². The Balaban J connectivity index is 0.796. The number of fused-ring (bicyclic) bond motifs is 14. The lowest BCUT2D eigenvalue weighted by Gasteiger charge is -2.20. The first-order valence-corrected chi connectivity index (χ1v) is 25.9. The molecule has 1 nitrogen and oxygen atoms in total. The summed E-state index contributed by atoms with van der Waals surface area (Å²) in [6.45, 7) is 0. The molecule has 0 saturated heterocycles. The Labute approximate surface area is 425 Å². The lowest BCUT2D eigenvalue weighted by atomic mass is 9.84. The summed E-state index contributed by atoms with van der Waals surface area (Å²) in [5, 5.41) is 10.3. The maximum absolute atomic E-state index is 2.51. The Morgan fingerprint density at radius 2 is 1.04 bits per heavy atom. The second-order valence-corrected chi connectivity index (χ2v) is 20.3. The second-order valence-electron chi connectivity index (χ2n) is 20.3. The minimum Gasteiger partial charge on any atom is -0.309 e. The first-order chi connectivity index (χ1) is 36.2. The van der Waals surface area contributed by atoms with E-state index in [0.29, 0.717) is 0 Å². The summed E-state index contributed by atoms with van der Waals surface area (Å²) >= 11 is 0. The SMILES string of the molecule is C(=C1/c2ccc3ccccc3c2-c2ccc3ccccc3c21)/c1cccc(-c2ccc(C(CCc3ccc4c5cc6ccccc6cc5n(-c5ccccc5)c4c3)c3ccc4c(c3)Cc3ccccc3-4)cc2)c1. The molecule has 1 unspecified atom stereocenters. The summed E-state index contributed by atoms with van der Waals surface area (Å²) in [5.41, 5.74) is 23.6. The normalized spacial score (nSPS) is 13.5. The van der Waals surface area contributed by atoms with Crippen molar-refractivity contribution in [1.82, 2.24) is 4.57 Å². The van der Waals surface area contributed by atoms with E-state index in [9.17, 15) is 0 Å². The molecule has 1 atom stereocenters. The van der Waals surface area contributed by atoms with Crippen molar-refractivity contribution in [3.63, 3.8) is 0 Å². The molecule has 0 amide bonds. The molecule has 13 aromatic rings. The van der Waals surface area contributed by atoms with Crippen molar-refractivity contribution < 1.29 is 0 Å². The highest BCUT2D eigenvalue weighted by Gasteiger charge is 2.28. The molecular formula is C72H49N. The van der Waals surface area contributed by atoms with Gasteiger partial charge in [0.25, 0.3) is 0 Å². The van der Waals surface area contributed by atoms with Gasteiger partial charge in [0.2, 0.25) is 0 Å². The van der Waals surface area contributed by atoms with Crippen LogP contribution in [0, 0.1) is 0 Å². The fourth-order valence-corrected chi connectivity index (χ4v) is 12.7. The van der Waals surface area contributed by atoms with E-state index >= 15 is 0 Å². The van der Waals surface area contributed by atoms with Gasteiger partial charge in [-0.2, -0.15) is 0 Å². The van der Waals surface area contributed by atoms with Crippen molar-refractivity contribution in [2.75, 3.05) is 0 Å². The molecule has 1 aromatic heterocycles. The van der Waals surface area contributed by atoms with Crippen LogP contribution in [-0.2, 0) is 12.8 Å². The molecule has 0 radical (unpaired) electrons. The van der Waals surface area contributed by atoms with Crippen molar-refractivity contribution in [3.8, 4) is 39.1 Å². The number of hydrogen-bond donors (Lipinski definition) is 0. The molecule has 0 N–H and O–H groups in total. The summed E-state index contributed by atoms with van der Waals surface area (Å²) in [7, 11) is 0. The van der Waals surface area contributed by atoms with Crippen molar-refractivity contribution in [3.05, 3.63) is 293 Å². The van der Waals surface area contributed by atoms with Crippen LogP contribution in [-0.4, -0.2) is 4.57 Å². The highest BCUT2D eigenvalue weighted by Crippen LogP contribution is 2.51.